The van der Waals surface area contributed by atoms with E-state index < -0.39 is 0 Å². The number of benzene rings is 2. The molecule has 0 aliphatic carbocycles. The van der Waals surface area contributed by atoms with E-state index in [1.54, 1.807) is 48.5 Å². The van der Waals surface area contributed by atoms with Crippen LogP contribution in [0, 0.1) is 0 Å². The van der Waals surface area contributed by atoms with Crippen LogP contribution in [0.3, 0.4) is 0 Å². The van der Waals surface area contributed by atoms with Gasteiger partial charge in [0.15, 0.2) is 0 Å². The smallest absolute Gasteiger partial charge is 0.255 e. The fourth-order valence-electron chi connectivity index (χ4n) is 3.06. The summed E-state index contributed by atoms with van der Waals surface area (Å²) < 4.78 is 5.66. The lowest BCUT2D eigenvalue weighted by molar-refractivity contribution is -0.121. The zero-order valence-electron chi connectivity index (χ0n) is 15.9. The maximum atomic E-state index is 12.6. The number of carbonyl (C=O) groups excluding carboxylic acids is 3. The normalized spacial score (nSPS) is 13.7. The molecule has 3 rings (SSSR count). The summed E-state index contributed by atoms with van der Waals surface area (Å²) >= 11 is 0. The molecular weight excluding hydrogens is 356 g/mol. The van der Waals surface area contributed by atoms with Gasteiger partial charge < -0.3 is 10.1 Å². The molecule has 3 amide bonds. The fourth-order valence-corrected chi connectivity index (χ4v) is 3.06. The van der Waals surface area contributed by atoms with Gasteiger partial charge in [-0.3, -0.25) is 14.4 Å². The van der Waals surface area contributed by atoms with Crippen molar-refractivity contribution in [1.82, 2.24) is 0 Å². The topological polar surface area (TPSA) is 75.7 Å². The largest absolute Gasteiger partial charge is 0.494 e. The first-order valence-electron chi connectivity index (χ1n) is 9.59. The highest BCUT2D eigenvalue weighted by molar-refractivity contribution is 6.22. The molecule has 0 aromatic heterocycles. The van der Waals surface area contributed by atoms with Gasteiger partial charge in [-0.1, -0.05) is 31.9 Å². The van der Waals surface area contributed by atoms with Gasteiger partial charge in [-0.2, -0.15) is 0 Å². The van der Waals surface area contributed by atoms with Crippen LogP contribution in [0.15, 0.2) is 48.5 Å². The average Bonchev–Trinajstić information content (AvgIpc) is 3.04. The maximum Gasteiger partial charge on any atom is 0.255 e. The maximum absolute atomic E-state index is 12.6. The van der Waals surface area contributed by atoms with Crippen molar-refractivity contribution in [3.8, 4) is 5.75 Å². The summed E-state index contributed by atoms with van der Waals surface area (Å²) in [5.74, 6) is -0.0991. The minimum absolute atomic E-state index is 0.195. The number of hydrogen-bond donors (Lipinski definition) is 1. The number of rotatable bonds is 8. The summed E-state index contributed by atoms with van der Waals surface area (Å²) in [5.41, 5.74) is 1.30. The fraction of sp³-hybridized carbons (Fsp3) is 0.318. The Morgan fingerprint density at radius 1 is 1.00 bits per heavy atom. The van der Waals surface area contributed by atoms with Crippen molar-refractivity contribution in [1.29, 1.82) is 0 Å². The first kappa shape index (κ1) is 19.6. The molecule has 1 aliphatic heterocycles. The minimum Gasteiger partial charge on any atom is -0.494 e. The molecule has 1 saturated heterocycles. The number of ether oxygens (including phenoxy) is 1. The van der Waals surface area contributed by atoms with Gasteiger partial charge in [0, 0.05) is 18.4 Å². The molecule has 1 aliphatic rings. The molecule has 28 heavy (non-hydrogen) atoms. The van der Waals surface area contributed by atoms with Crippen LogP contribution < -0.4 is 15.0 Å². The molecule has 0 bridgehead atoms. The second-order valence-corrected chi connectivity index (χ2v) is 6.67. The third-order valence-electron chi connectivity index (χ3n) is 4.58. The first-order chi connectivity index (χ1) is 13.6. The number of hydrogen-bond acceptors (Lipinski definition) is 4. The summed E-state index contributed by atoms with van der Waals surface area (Å²) in [6.45, 7) is 2.80. The third-order valence-corrected chi connectivity index (χ3v) is 4.58. The molecule has 146 valence electrons. The van der Waals surface area contributed by atoms with Gasteiger partial charge in [-0.05, 0) is 42.8 Å². The van der Waals surface area contributed by atoms with Gasteiger partial charge in [0.25, 0.3) is 5.91 Å². The average molecular weight is 380 g/mol. The Bertz CT molecular complexity index is 845. The zero-order valence-corrected chi connectivity index (χ0v) is 15.9. The number of unbranched alkanes of at least 4 members (excludes halogenated alkanes) is 2. The number of nitrogens with zero attached hydrogens (tertiary/aromatic N) is 1. The van der Waals surface area contributed by atoms with Crippen LogP contribution in [-0.2, 0) is 9.59 Å². The quantitative estimate of drug-likeness (QED) is 0.551. The van der Waals surface area contributed by atoms with E-state index in [0.29, 0.717) is 23.5 Å². The Morgan fingerprint density at radius 2 is 1.68 bits per heavy atom. The lowest BCUT2D eigenvalue weighted by atomic mass is 10.2. The van der Waals surface area contributed by atoms with E-state index in [-0.39, 0.29) is 30.6 Å². The molecule has 2 aromatic carbocycles. The van der Waals surface area contributed by atoms with Crippen molar-refractivity contribution in [2.24, 2.45) is 0 Å². The summed E-state index contributed by atoms with van der Waals surface area (Å²) in [5, 5.41) is 2.80. The van der Waals surface area contributed by atoms with Crippen molar-refractivity contribution < 1.29 is 19.1 Å². The van der Waals surface area contributed by atoms with Crippen LogP contribution in [0.2, 0.25) is 0 Å². The van der Waals surface area contributed by atoms with Crippen LogP contribution in [0.5, 0.6) is 5.75 Å². The Labute approximate surface area is 164 Å². The van der Waals surface area contributed by atoms with Crippen LogP contribution in [0.25, 0.3) is 0 Å². The second-order valence-electron chi connectivity index (χ2n) is 6.67. The van der Waals surface area contributed by atoms with Crippen LogP contribution >= 0.6 is 0 Å². The summed E-state index contributed by atoms with van der Waals surface area (Å²) in [7, 11) is 0. The van der Waals surface area contributed by atoms with Crippen molar-refractivity contribution >= 4 is 29.1 Å². The highest BCUT2D eigenvalue weighted by Crippen LogP contribution is 2.30. The highest BCUT2D eigenvalue weighted by atomic mass is 16.5. The van der Waals surface area contributed by atoms with E-state index in [1.807, 2.05) is 0 Å². The number of imide groups is 1. The lowest BCUT2D eigenvalue weighted by Crippen LogP contribution is -2.29. The van der Waals surface area contributed by atoms with E-state index in [1.165, 1.54) is 0 Å². The van der Waals surface area contributed by atoms with E-state index in [4.69, 9.17) is 4.74 Å². The minimum atomic E-state index is -0.316. The predicted molar refractivity (Wildman–Crippen MR) is 108 cm³/mol. The molecule has 0 atom stereocenters. The first-order valence-corrected chi connectivity index (χ1v) is 9.59. The summed E-state index contributed by atoms with van der Waals surface area (Å²) in [6.07, 6.45) is 3.66. The SMILES string of the molecule is CCCCCOc1ccc(C(=O)Nc2ccccc2N2C(=O)CCC2=O)cc1. The highest BCUT2D eigenvalue weighted by Gasteiger charge is 2.31. The standard InChI is InChI=1S/C22H24N2O4/c1-2-3-6-15-28-17-11-9-16(10-12-17)22(27)23-18-7-4-5-8-19(18)24-20(25)13-14-21(24)26/h4-5,7-12H,2-3,6,13-15H2,1H3,(H,23,27). The van der Waals surface area contributed by atoms with Crippen molar-refractivity contribution in [3.05, 3.63) is 54.1 Å². The molecule has 1 N–H and O–H groups in total. The van der Waals surface area contributed by atoms with E-state index in [2.05, 4.69) is 12.2 Å². The third kappa shape index (κ3) is 4.57. The van der Waals surface area contributed by atoms with E-state index in [0.717, 1.165) is 29.9 Å². The van der Waals surface area contributed by atoms with Crippen LogP contribution in [0.4, 0.5) is 11.4 Å². The van der Waals surface area contributed by atoms with E-state index >= 15 is 0 Å². The molecule has 6 nitrogen and oxygen atoms in total. The van der Waals surface area contributed by atoms with Crippen molar-refractivity contribution in [3.63, 3.8) is 0 Å². The predicted octanol–water partition coefficient (Wildman–Crippen LogP) is 4.16. The number of para-hydroxylation sites is 2. The number of nitrogens with one attached hydrogen (secondary N) is 1. The Hall–Kier alpha value is -3.15. The summed E-state index contributed by atoms with van der Waals surface area (Å²) in [4.78, 5) is 37.8. The second kappa shape index (κ2) is 9.17. The van der Waals surface area contributed by atoms with Gasteiger partial charge in [0.1, 0.15) is 5.75 Å². The summed E-state index contributed by atoms with van der Waals surface area (Å²) in [6, 6.07) is 13.7. The molecule has 0 unspecified atom stereocenters. The molecule has 0 saturated carbocycles. The van der Waals surface area contributed by atoms with Crippen LogP contribution in [0.1, 0.15) is 49.4 Å². The Morgan fingerprint density at radius 3 is 2.36 bits per heavy atom. The monoisotopic (exact) mass is 380 g/mol. The number of amides is 3. The zero-order chi connectivity index (χ0) is 19.9. The number of anilines is 2. The molecular formula is C22H24N2O4. The molecule has 0 radical (unpaired) electrons. The van der Waals surface area contributed by atoms with Crippen molar-refractivity contribution in [2.45, 2.75) is 39.0 Å². The van der Waals surface area contributed by atoms with Crippen LogP contribution in [-0.4, -0.2) is 24.3 Å². The van der Waals surface area contributed by atoms with E-state index in [9.17, 15) is 14.4 Å². The lowest BCUT2D eigenvalue weighted by Gasteiger charge is -2.18. The van der Waals surface area contributed by atoms with Gasteiger partial charge in [0.05, 0.1) is 18.0 Å². The molecule has 1 heterocycles. The van der Waals surface area contributed by atoms with Gasteiger partial charge >= 0.3 is 0 Å². The Kier molecular flexibility index (Phi) is 6.42. The molecule has 2 aromatic rings. The number of carbonyl (C=O) groups is 3. The molecule has 1 fully saturated rings. The van der Waals surface area contributed by atoms with Gasteiger partial charge in [-0.15, -0.1) is 0 Å². The van der Waals surface area contributed by atoms with Gasteiger partial charge in [0.2, 0.25) is 11.8 Å². The Balaban J connectivity index is 1.68. The molecule has 6 heteroatoms. The van der Waals surface area contributed by atoms with Gasteiger partial charge in [-0.25, -0.2) is 4.90 Å². The molecule has 0 spiro atoms. The van der Waals surface area contributed by atoms with Crippen molar-refractivity contribution in [2.75, 3.05) is 16.8 Å².